The number of hydrogen-bond donors (Lipinski definition) is 2. The Labute approximate surface area is 119 Å². The van der Waals surface area contributed by atoms with E-state index in [2.05, 4.69) is 21.2 Å². The van der Waals surface area contributed by atoms with Gasteiger partial charge in [0, 0.05) is 10.4 Å². The Balaban J connectivity index is 1.76. The number of anilines is 1. The first kappa shape index (κ1) is 12.7. The molecular formula is C14H14BrNO3. The van der Waals surface area contributed by atoms with Gasteiger partial charge >= 0.3 is 5.97 Å². The zero-order chi connectivity index (χ0) is 13.6. The molecule has 2 aliphatic carbocycles. The average Bonchev–Trinajstić information content (AvgIpc) is 2.95. The molecule has 2 saturated carbocycles. The summed E-state index contributed by atoms with van der Waals surface area (Å²) >= 11 is 3.29. The van der Waals surface area contributed by atoms with Crippen LogP contribution in [0.25, 0.3) is 0 Å². The molecule has 19 heavy (non-hydrogen) atoms. The molecule has 0 aliphatic heterocycles. The molecule has 0 saturated heterocycles. The Morgan fingerprint density at radius 1 is 1.21 bits per heavy atom. The third-order valence-electron chi connectivity index (χ3n) is 4.08. The van der Waals surface area contributed by atoms with Gasteiger partial charge in [-0.15, -0.1) is 0 Å². The molecule has 2 unspecified atom stereocenters. The molecule has 2 atom stereocenters. The fourth-order valence-corrected chi connectivity index (χ4v) is 3.33. The van der Waals surface area contributed by atoms with Crippen LogP contribution >= 0.6 is 15.9 Å². The number of carbonyl (C=O) groups excluding carboxylic acids is 1. The van der Waals surface area contributed by atoms with Crippen molar-refractivity contribution in [3.8, 4) is 0 Å². The van der Waals surface area contributed by atoms with Gasteiger partial charge in [0.1, 0.15) is 0 Å². The van der Waals surface area contributed by atoms with E-state index in [1.54, 1.807) is 12.1 Å². The number of hydrogen-bond acceptors (Lipinski definition) is 2. The van der Waals surface area contributed by atoms with Crippen LogP contribution in [0.1, 0.15) is 29.6 Å². The standard InChI is InChI=1S/C14H14BrNO3/c15-10-1-2-11(14(18)19)12(6-10)16-13(17)9-4-7-3-8(7)5-9/h1-2,6-9H,3-5H2,(H,16,17)(H,18,19). The van der Waals surface area contributed by atoms with E-state index in [0.717, 1.165) is 29.2 Å². The summed E-state index contributed by atoms with van der Waals surface area (Å²) in [7, 11) is 0. The molecule has 1 amide bonds. The summed E-state index contributed by atoms with van der Waals surface area (Å²) in [6.07, 6.45) is 3.17. The van der Waals surface area contributed by atoms with E-state index in [1.807, 2.05) is 0 Å². The summed E-state index contributed by atoms with van der Waals surface area (Å²) in [4.78, 5) is 23.3. The smallest absolute Gasteiger partial charge is 0.337 e. The Kier molecular flexibility index (Phi) is 3.09. The van der Waals surface area contributed by atoms with Crippen LogP contribution in [0.15, 0.2) is 22.7 Å². The number of carbonyl (C=O) groups is 2. The number of fused-ring (bicyclic) bond motifs is 1. The molecule has 0 radical (unpaired) electrons. The molecule has 0 bridgehead atoms. The zero-order valence-corrected chi connectivity index (χ0v) is 11.8. The van der Waals surface area contributed by atoms with Crippen molar-refractivity contribution in [3.05, 3.63) is 28.2 Å². The second kappa shape index (κ2) is 4.63. The van der Waals surface area contributed by atoms with E-state index in [1.165, 1.54) is 12.5 Å². The highest BCUT2D eigenvalue weighted by Crippen LogP contribution is 2.54. The normalized spacial score (nSPS) is 27.7. The van der Waals surface area contributed by atoms with Crippen molar-refractivity contribution < 1.29 is 14.7 Å². The van der Waals surface area contributed by atoms with Crippen molar-refractivity contribution in [3.63, 3.8) is 0 Å². The van der Waals surface area contributed by atoms with Crippen molar-refractivity contribution >= 4 is 33.5 Å². The molecule has 5 heteroatoms. The Morgan fingerprint density at radius 2 is 1.89 bits per heavy atom. The maximum absolute atomic E-state index is 12.1. The molecule has 100 valence electrons. The summed E-state index contributed by atoms with van der Waals surface area (Å²) in [6.45, 7) is 0. The molecule has 2 fully saturated rings. The van der Waals surface area contributed by atoms with Gasteiger partial charge in [0.05, 0.1) is 11.3 Å². The van der Waals surface area contributed by atoms with Gasteiger partial charge in [-0.2, -0.15) is 0 Å². The first-order valence-electron chi connectivity index (χ1n) is 6.38. The van der Waals surface area contributed by atoms with E-state index in [-0.39, 0.29) is 17.4 Å². The molecule has 3 rings (SSSR count). The third kappa shape index (κ3) is 2.52. The average molecular weight is 324 g/mol. The number of nitrogens with one attached hydrogen (secondary N) is 1. The van der Waals surface area contributed by atoms with Crippen molar-refractivity contribution in [1.29, 1.82) is 0 Å². The fraction of sp³-hybridized carbons (Fsp3) is 0.429. The molecule has 2 N–H and O–H groups in total. The molecule has 1 aromatic rings. The minimum atomic E-state index is -1.03. The lowest BCUT2D eigenvalue weighted by Gasteiger charge is -2.14. The summed E-state index contributed by atoms with van der Waals surface area (Å²) in [6, 6.07) is 4.79. The first-order chi connectivity index (χ1) is 9.04. The number of rotatable bonds is 3. The van der Waals surface area contributed by atoms with E-state index in [4.69, 9.17) is 5.11 Å². The van der Waals surface area contributed by atoms with Crippen LogP contribution in [0.5, 0.6) is 0 Å². The van der Waals surface area contributed by atoms with E-state index >= 15 is 0 Å². The molecule has 1 aromatic carbocycles. The van der Waals surface area contributed by atoms with Crippen molar-refractivity contribution in [2.24, 2.45) is 17.8 Å². The predicted octanol–water partition coefficient (Wildman–Crippen LogP) is 3.13. The van der Waals surface area contributed by atoms with E-state index in [0.29, 0.717) is 5.69 Å². The first-order valence-corrected chi connectivity index (χ1v) is 7.17. The van der Waals surface area contributed by atoms with E-state index in [9.17, 15) is 9.59 Å². The molecule has 0 aromatic heterocycles. The quantitative estimate of drug-likeness (QED) is 0.898. The number of benzene rings is 1. The lowest BCUT2D eigenvalue weighted by Crippen LogP contribution is -2.22. The van der Waals surface area contributed by atoms with Gasteiger partial charge in [-0.25, -0.2) is 4.79 Å². The van der Waals surface area contributed by atoms with Crippen LogP contribution in [0.4, 0.5) is 5.69 Å². The Bertz CT molecular complexity index is 548. The third-order valence-corrected chi connectivity index (χ3v) is 4.58. The van der Waals surface area contributed by atoms with E-state index < -0.39 is 5.97 Å². The van der Waals surface area contributed by atoms with Crippen molar-refractivity contribution in [1.82, 2.24) is 0 Å². The number of carboxylic acids is 1. The summed E-state index contributed by atoms with van der Waals surface area (Å²) in [5.41, 5.74) is 0.493. The van der Waals surface area contributed by atoms with Crippen LogP contribution in [0.2, 0.25) is 0 Å². The highest BCUT2D eigenvalue weighted by atomic mass is 79.9. The minimum Gasteiger partial charge on any atom is -0.478 e. The fourth-order valence-electron chi connectivity index (χ4n) is 2.97. The number of aromatic carboxylic acids is 1. The lowest BCUT2D eigenvalue weighted by molar-refractivity contribution is -0.120. The number of halogens is 1. The van der Waals surface area contributed by atoms with Crippen LogP contribution in [0.3, 0.4) is 0 Å². The predicted molar refractivity (Wildman–Crippen MR) is 74.1 cm³/mol. The van der Waals surface area contributed by atoms with Crippen molar-refractivity contribution in [2.45, 2.75) is 19.3 Å². The molecule has 0 heterocycles. The Hall–Kier alpha value is -1.36. The van der Waals surface area contributed by atoms with Gasteiger partial charge in [-0.1, -0.05) is 15.9 Å². The molecule has 4 nitrogen and oxygen atoms in total. The van der Waals surface area contributed by atoms with Gasteiger partial charge in [0.15, 0.2) is 0 Å². The highest BCUT2D eigenvalue weighted by molar-refractivity contribution is 9.10. The van der Waals surface area contributed by atoms with Crippen molar-refractivity contribution in [2.75, 3.05) is 5.32 Å². The number of amides is 1. The van der Waals surface area contributed by atoms with Gasteiger partial charge < -0.3 is 10.4 Å². The molecular weight excluding hydrogens is 310 g/mol. The summed E-state index contributed by atoms with van der Waals surface area (Å²) in [5.74, 6) is 0.434. The van der Waals surface area contributed by atoms with Crippen LogP contribution in [-0.4, -0.2) is 17.0 Å². The SMILES string of the molecule is O=C(O)c1ccc(Br)cc1NC(=O)C1CC2CC2C1. The second-order valence-electron chi connectivity index (χ2n) is 5.41. The van der Waals surface area contributed by atoms with Crippen LogP contribution < -0.4 is 5.32 Å². The van der Waals surface area contributed by atoms with Gasteiger partial charge in [0.2, 0.25) is 5.91 Å². The summed E-state index contributed by atoms with van der Waals surface area (Å²) < 4.78 is 0.752. The Morgan fingerprint density at radius 3 is 2.53 bits per heavy atom. The maximum Gasteiger partial charge on any atom is 0.337 e. The zero-order valence-electron chi connectivity index (χ0n) is 10.2. The van der Waals surface area contributed by atoms with Gasteiger partial charge in [-0.05, 0) is 49.3 Å². The van der Waals surface area contributed by atoms with Crippen LogP contribution in [0, 0.1) is 17.8 Å². The number of carboxylic acid groups (broad SMARTS) is 1. The van der Waals surface area contributed by atoms with Gasteiger partial charge in [-0.3, -0.25) is 4.79 Å². The molecule has 2 aliphatic rings. The monoisotopic (exact) mass is 323 g/mol. The largest absolute Gasteiger partial charge is 0.478 e. The van der Waals surface area contributed by atoms with Gasteiger partial charge in [0.25, 0.3) is 0 Å². The minimum absolute atomic E-state index is 0.0457. The highest BCUT2D eigenvalue weighted by Gasteiger charge is 2.48. The van der Waals surface area contributed by atoms with Crippen LogP contribution in [-0.2, 0) is 4.79 Å². The topological polar surface area (TPSA) is 66.4 Å². The molecule has 0 spiro atoms. The summed E-state index contributed by atoms with van der Waals surface area (Å²) in [5, 5.41) is 11.9. The maximum atomic E-state index is 12.1. The second-order valence-corrected chi connectivity index (χ2v) is 6.32. The lowest BCUT2D eigenvalue weighted by atomic mass is 10.0.